The van der Waals surface area contributed by atoms with Gasteiger partial charge >= 0.3 is 0 Å². The summed E-state index contributed by atoms with van der Waals surface area (Å²) in [5.41, 5.74) is 0. The number of β-amino-alcohol motifs (C(OH)–C–C–N with tert-alkyl or cyclic N) is 1. The number of sulfonamides is 1. The number of hydrogen-bond donors (Lipinski definition) is 1. The quantitative estimate of drug-likeness (QED) is 0.872. The van der Waals surface area contributed by atoms with Crippen LogP contribution in [0.2, 0.25) is 0 Å². The van der Waals surface area contributed by atoms with Crippen LogP contribution in [-0.4, -0.2) is 62.1 Å². The molecule has 0 radical (unpaired) electrons. The third-order valence-corrected chi connectivity index (χ3v) is 6.11. The average molecular weight is 349 g/mol. The first-order chi connectivity index (χ1) is 9.05. The highest BCUT2D eigenvalue weighted by atomic mass is 79.9. The number of benzene rings is 1. The highest BCUT2D eigenvalue weighted by molar-refractivity contribution is 9.10. The van der Waals surface area contributed by atoms with Crippen molar-refractivity contribution in [1.82, 2.24) is 9.21 Å². The molecule has 0 amide bonds. The zero-order chi connectivity index (χ0) is 13.9. The molecule has 5 nitrogen and oxygen atoms in total. The molecule has 2 rings (SSSR count). The monoisotopic (exact) mass is 348 g/mol. The molecule has 1 saturated heterocycles. The minimum absolute atomic E-state index is 0.108. The second-order valence-electron chi connectivity index (χ2n) is 4.40. The second kappa shape index (κ2) is 6.32. The Labute approximate surface area is 122 Å². The number of hydrogen-bond acceptors (Lipinski definition) is 4. The van der Waals surface area contributed by atoms with Gasteiger partial charge in [-0.15, -0.1) is 0 Å². The molecule has 1 aromatic rings. The molecule has 1 heterocycles. The Hall–Kier alpha value is -0.470. The van der Waals surface area contributed by atoms with Crippen molar-refractivity contribution >= 4 is 26.0 Å². The lowest BCUT2D eigenvalue weighted by molar-refractivity contribution is 0.151. The highest BCUT2D eigenvalue weighted by Gasteiger charge is 2.29. The van der Waals surface area contributed by atoms with Crippen molar-refractivity contribution in [3.63, 3.8) is 0 Å². The summed E-state index contributed by atoms with van der Waals surface area (Å²) >= 11 is 3.29. The van der Waals surface area contributed by atoms with E-state index >= 15 is 0 Å². The van der Waals surface area contributed by atoms with Crippen molar-refractivity contribution in [2.24, 2.45) is 0 Å². The van der Waals surface area contributed by atoms with Crippen LogP contribution in [0.5, 0.6) is 0 Å². The van der Waals surface area contributed by atoms with Crippen LogP contribution >= 0.6 is 15.9 Å². The van der Waals surface area contributed by atoms with Crippen LogP contribution in [0.4, 0.5) is 0 Å². The van der Waals surface area contributed by atoms with E-state index in [2.05, 4.69) is 20.8 Å². The van der Waals surface area contributed by atoms with Gasteiger partial charge in [0.25, 0.3) is 0 Å². The van der Waals surface area contributed by atoms with Crippen LogP contribution < -0.4 is 0 Å². The maximum Gasteiger partial charge on any atom is 0.244 e. The molecule has 0 saturated carbocycles. The van der Waals surface area contributed by atoms with E-state index in [1.807, 2.05) is 0 Å². The van der Waals surface area contributed by atoms with E-state index in [0.29, 0.717) is 42.1 Å². The van der Waals surface area contributed by atoms with Crippen molar-refractivity contribution in [1.29, 1.82) is 0 Å². The van der Waals surface area contributed by atoms with E-state index in [4.69, 9.17) is 5.11 Å². The lowest BCUT2D eigenvalue weighted by Crippen LogP contribution is -2.49. The first-order valence-electron chi connectivity index (χ1n) is 6.13. The molecule has 1 aliphatic rings. The molecule has 1 aromatic carbocycles. The van der Waals surface area contributed by atoms with Crippen molar-refractivity contribution in [3.8, 4) is 0 Å². The van der Waals surface area contributed by atoms with E-state index < -0.39 is 10.0 Å². The minimum Gasteiger partial charge on any atom is -0.395 e. The SMILES string of the molecule is O=S(=O)(c1ccccc1Br)N1CCN(CCO)CC1. The van der Waals surface area contributed by atoms with E-state index in [0.717, 1.165) is 0 Å². The zero-order valence-electron chi connectivity index (χ0n) is 10.5. The molecule has 106 valence electrons. The van der Waals surface area contributed by atoms with Gasteiger partial charge in [-0.3, -0.25) is 4.90 Å². The molecule has 1 N–H and O–H groups in total. The number of halogens is 1. The van der Waals surface area contributed by atoms with Crippen LogP contribution in [0, 0.1) is 0 Å². The van der Waals surface area contributed by atoms with Gasteiger partial charge in [0.2, 0.25) is 10.0 Å². The minimum atomic E-state index is -3.43. The number of piperazine rings is 1. The van der Waals surface area contributed by atoms with E-state index in [1.54, 1.807) is 24.3 Å². The Morgan fingerprint density at radius 3 is 2.37 bits per heavy atom. The van der Waals surface area contributed by atoms with Gasteiger partial charge in [0.15, 0.2) is 0 Å². The van der Waals surface area contributed by atoms with Gasteiger partial charge in [0.1, 0.15) is 0 Å². The molecule has 0 aromatic heterocycles. The van der Waals surface area contributed by atoms with Crippen LogP contribution in [-0.2, 0) is 10.0 Å². The smallest absolute Gasteiger partial charge is 0.244 e. The Morgan fingerprint density at radius 1 is 1.16 bits per heavy atom. The number of rotatable bonds is 4. The normalized spacial score (nSPS) is 18.6. The predicted molar refractivity (Wildman–Crippen MR) is 76.4 cm³/mol. The van der Waals surface area contributed by atoms with Crippen molar-refractivity contribution in [2.45, 2.75) is 4.90 Å². The van der Waals surface area contributed by atoms with E-state index in [1.165, 1.54) is 4.31 Å². The molecule has 0 unspecified atom stereocenters. The van der Waals surface area contributed by atoms with Crippen LogP contribution in [0.1, 0.15) is 0 Å². The molecular weight excluding hydrogens is 332 g/mol. The van der Waals surface area contributed by atoms with Gasteiger partial charge in [0, 0.05) is 37.2 Å². The summed E-state index contributed by atoms with van der Waals surface area (Å²) in [6.45, 7) is 2.95. The van der Waals surface area contributed by atoms with Crippen LogP contribution in [0.3, 0.4) is 0 Å². The highest BCUT2D eigenvalue weighted by Crippen LogP contribution is 2.25. The third-order valence-electron chi connectivity index (χ3n) is 3.20. The fraction of sp³-hybridized carbons (Fsp3) is 0.500. The lowest BCUT2D eigenvalue weighted by atomic mass is 10.4. The fourth-order valence-electron chi connectivity index (χ4n) is 2.13. The molecule has 0 spiro atoms. The number of nitrogens with zero attached hydrogens (tertiary/aromatic N) is 2. The van der Waals surface area contributed by atoms with Gasteiger partial charge in [-0.05, 0) is 28.1 Å². The maximum absolute atomic E-state index is 12.5. The Kier molecular flexibility index (Phi) is 4.97. The Bertz CT molecular complexity index is 528. The predicted octanol–water partition coefficient (Wildman–Crippen LogP) is 0.748. The summed E-state index contributed by atoms with van der Waals surface area (Å²) in [5.74, 6) is 0. The van der Waals surface area contributed by atoms with Crippen molar-refractivity contribution < 1.29 is 13.5 Å². The molecule has 0 bridgehead atoms. The first-order valence-corrected chi connectivity index (χ1v) is 8.37. The third kappa shape index (κ3) is 3.35. The molecule has 7 heteroatoms. The first kappa shape index (κ1) is 14.9. The Balaban J connectivity index is 2.12. The van der Waals surface area contributed by atoms with Gasteiger partial charge in [-0.1, -0.05) is 12.1 Å². The van der Waals surface area contributed by atoms with Gasteiger partial charge < -0.3 is 5.11 Å². The van der Waals surface area contributed by atoms with E-state index in [-0.39, 0.29) is 6.61 Å². The summed E-state index contributed by atoms with van der Waals surface area (Å²) in [4.78, 5) is 2.37. The van der Waals surface area contributed by atoms with Gasteiger partial charge in [-0.25, -0.2) is 8.42 Å². The van der Waals surface area contributed by atoms with Crippen LogP contribution in [0.25, 0.3) is 0 Å². The number of aliphatic hydroxyl groups is 1. The van der Waals surface area contributed by atoms with Crippen molar-refractivity contribution in [3.05, 3.63) is 28.7 Å². The lowest BCUT2D eigenvalue weighted by Gasteiger charge is -2.33. The van der Waals surface area contributed by atoms with Gasteiger partial charge in [0.05, 0.1) is 11.5 Å². The summed E-state index contributed by atoms with van der Waals surface area (Å²) in [7, 11) is -3.43. The largest absolute Gasteiger partial charge is 0.395 e. The molecule has 19 heavy (non-hydrogen) atoms. The summed E-state index contributed by atoms with van der Waals surface area (Å²) in [5, 5.41) is 8.88. The maximum atomic E-state index is 12.5. The average Bonchev–Trinajstić information content (AvgIpc) is 2.40. The second-order valence-corrected chi connectivity index (χ2v) is 7.16. The number of aliphatic hydroxyl groups excluding tert-OH is 1. The molecule has 0 atom stereocenters. The molecule has 1 aliphatic heterocycles. The summed E-state index contributed by atoms with van der Waals surface area (Å²) in [6.07, 6.45) is 0. The Morgan fingerprint density at radius 2 is 1.79 bits per heavy atom. The summed E-state index contributed by atoms with van der Waals surface area (Å²) < 4.78 is 27.1. The standard InChI is InChI=1S/C12H17BrN2O3S/c13-11-3-1-2-4-12(11)19(17,18)15-7-5-14(6-8-15)9-10-16/h1-4,16H,5-10H2. The molecular formula is C12H17BrN2O3S. The van der Waals surface area contributed by atoms with E-state index in [9.17, 15) is 8.42 Å². The van der Waals surface area contributed by atoms with Crippen LogP contribution in [0.15, 0.2) is 33.6 Å². The van der Waals surface area contributed by atoms with Gasteiger partial charge in [-0.2, -0.15) is 4.31 Å². The molecule has 1 fully saturated rings. The zero-order valence-corrected chi connectivity index (χ0v) is 12.9. The summed E-state index contributed by atoms with van der Waals surface area (Å²) in [6, 6.07) is 6.86. The topological polar surface area (TPSA) is 60.9 Å². The fourth-order valence-corrected chi connectivity index (χ4v) is 4.51. The van der Waals surface area contributed by atoms with Crippen molar-refractivity contribution in [2.75, 3.05) is 39.3 Å². The molecule has 0 aliphatic carbocycles.